The van der Waals surface area contributed by atoms with Crippen LogP contribution in [0.15, 0.2) is 6.20 Å². The summed E-state index contributed by atoms with van der Waals surface area (Å²) in [5.41, 5.74) is 6.44. The van der Waals surface area contributed by atoms with E-state index in [2.05, 4.69) is 5.10 Å². The highest BCUT2D eigenvalue weighted by molar-refractivity contribution is 5.92. The van der Waals surface area contributed by atoms with E-state index >= 15 is 0 Å². The Balaban J connectivity index is 3.17. The molecule has 0 spiro atoms. The number of carbonyl (C=O) groups is 1. The number of carbonyl (C=O) groups excluding carboxylic acids is 1. The Bertz CT molecular complexity index is 301. The van der Waals surface area contributed by atoms with Crippen molar-refractivity contribution in [3.8, 4) is 0 Å². The first-order chi connectivity index (χ1) is 5.52. The van der Waals surface area contributed by atoms with Gasteiger partial charge < -0.3 is 5.73 Å². The largest absolute Gasteiger partial charge is 0.364 e. The second-order valence-corrected chi connectivity index (χ2v) is 3.13. The second-order valence-electron chi connectivity index (χ2n) is 3.13. The van der Waals surface area contributed by atoms with Gasteiger partial charge in [0.1, 0.15) is 0 Å². The zero-order valence-electron chi connectivity index (χ0n) is 7.53. The van der Waals surface area contributed by atoms with Crippen LogP contribution in [-0.2, 0) is 7.05 Å². The number of aromatic nitrogens is 2. The van der Waals surface area contributed by atoms with E-state index in [1.54, 1.807) is 11.7 Å². The van der Waals surface area contributed by atoms with Crippen molar-refractivity contribution in [1.82, 2.24) is 9.78 Å². The van der Waals surface area contributed by atoms with Crippen molar-refractivity contribution < 1.29 is 4.79 Å². The van der Waals surface area contributed by atoms with Crippen LogP contribution in [-0.4, -0.2) is 15.7 Å². The topological polar surface area (TPSA) is 60.9 Å². The van der Waals surface area contributed by atoms with Crippen molar-refractivity contribution in [1.29, 1.82) is 0 Å². The van der Waals surface area contributed by atoms with Crippen LogP contribution >= 0.6 is 0 Å². The van der Waals surface area contributed by atoms with Crippen LogP contribution < -0.4 is 5.73 Å². The summed E-state index contributed by atoms with van der Waals surface area (Å²) in [7, 11) is 1.78. The quantitative estimate of drug-likeness (QED) is 0.702. The van der Waals surface area contributed by atoms with Crippen LogP contribution in [0.5, 0.6) is 0 Å². The van der Waals surface area contributed by atoms with Crippen molar-refractivity contribution >= 4 is 5.91 Å². The molecule has 0 aliphatic carbocycles. The Kier molecular flexibility index (Phi) is 2.17. The Hall–Kier alpha value is -1.32. The van der Waals surface area contributed by atoms with Gasteiger partial charge in [-0.05, 0) is 5.92 Å². The van der Waals surface area contributed by atoms with Gasteiger partial charge in [0, 0.05) is 18.8 Å². The molecule has 1 heterocycles. The molecule has 0 saturated heterocycles. The first-order valence-corrected chi connectivity index (χ1v) is 3.85. The molecule has 2 N–H and O–H groups in total. The smallest absolute Gasteiger partial charge is 0.269 e. The Morgan fingerprint density at radius 2 is 2.25 bits per heavy atom. The molecule has 0 unspecified atom stereocenters. The number of aryl methyl sites for hydroxylation is 1. The molecule has 0 aliphatic heterocycles. The van der Waals surface area contributed by atoms with Gasteiger partial charge in [0.2, 0.25) is 0 Å². The van der Waals surface area contributed by atoms with Gasteiger partial charge in [-0.3, -0.25) is 9.48 Å². The van der Waals surface area contributed by atoms with E-state index in [1.807, 2.05) is 20.0 Å². The molecular formula is C8H13N3O. The molecule has 1 amide bonds. The predicted octanol–water partition coefficient (Wildman–Crippen LogP) is 0.642. The minimum absolute atomic E-state index is 0.279. The number of amides is 1. The molecule has 1 aromatic heterocycles. The van der Waals surface area contributed by atoms with E-state index in [1.165, 1.54) is 0 Å². The molecule has 66 valence electrons. The Labute approximate surface area is 71.4 Å². The maximum atomic E-state index is 10.9. The van der Waals surface area contributed by atoms with Crippen molar-refractivity contribution in [3.05, 3.63) is 17.5 Å². The van der Waals surface area contributed by atoms with Crippen LogP contribution in [0, 0.1) is 0 Å². The highest BCUT2D eigenvalue weighted by atomic mass is 16.1. The zero-order chi connectivity index (χ0) is 9.30. The minimum Gasteiger partial charge on any atom is -0.364 e. The average Bonchev–Trinajstić information content (AvgIpc) is 2.31. The molecule has 1 aromatic rings. The zero-order valence-corrected chi connectivity index (χ0v) is 7.53. The van der Waals surface area contributed by atoms with Crippen LogP contribution in [0.4, 0.5) is 0 Å². The van der Waals surface area contributed by atoms with E-state index in [-0.39, 0.29) is 5.92 Å². The lowest BCUT2D eigenvalue weighted by molar-refractivity contribution is 0.0993. The van der Waals surface area contributed by atoms with Gasteiger partial charge in [0.25, 0.3) is 5.91 Å². The molecule has 0 saturated carbocycles. The van der Waals surface area contributed by atoms with Gasteiger partial charge in [-0.1, -0.05) is 13.8 Å². The second kappa shape index (κ2) is 2.97. The maximum Gasteiger partial charge on any atom is 0.269 e. The lowest BCUT2D eigenvalue weighted by atomic mass is 10.0. The molecular weight excluding hydrogens is 154 g/mol. The molecule has 0 aliphatic rings. The molecule has 1 rings (SSSR count). The maximum absolute atomic E-state index is 10.9. The molecule has 0 bridgehead atoms. The fourth-order valence-corrected chi connectivity index (χ4v) is 1.12. The first kappa shape index (κ1) is 8.77. The lowest BCUT2D eigenvalue weighted by Gasteiger charge is -2.00. The average molecular weight is 167 g/mol. The van der Waals surface area contributed by atoms with Crippen molar-refractivity contribution in [2.24, 2.45) is 12.8 Å². The molecule has 0 radical (unpaired) electrons. The van der Waals surface area contributed by atoms with Gasteiger partial charge in [0.15, 0.2) is 5.69 Å². The molecule has 4 nitrogen and oxygen atoms in total. The summed E-state index contributed by atoms with van der Waals surface area (Å²) in [6, 6.07) is 0. The summed E-state index contributed by atoms with van der Waals surface area (Å²) in [4.78, 5) is 10.9. The standard InChI is InChI=1S/C8H13N3O/c1-5(2)6-4-11(3)10-7(6)8(9)12/h4-5H,1-3H3,(H2,9,12). The molecule has 12 heavy (non-hydrogen) atoms. The van der Waals surface area contributed by atoms with E-state index in [4.69, 9.17) is 5.73 Å². The summed E-state index contributed by atoms with van der Waals surface area (Å²) in [5.74, 6) is -0.180. The van der Waals surface area contributed by atoms with Crippen molar-refractivity contribution in [2.75, 3.05) is 0 Å². The molecule has 0 atom stereocenters. The van der Waals surface area contributed by atoms with Crippen LogP contribution in [0.3, 0.4) is 0 Å². The van der Waals surface area contributed by atoms with Gasteiger partial charge in [-0.15, -0.1) is 0 Å². The number of primary amides is 1. The number of hydrogen-bond acceptors (Lipinski definition) is 2. The van der Waals surface area contributed by atoms with Gasteiger partial charge in [0.05, 0.1) is 0 Å². The minimum atomic E-state index is -0.459. The summed E-state index contributed by atoms with van der Waals surface area (Å²) in [6.07, 6.45) is 1.82. The number of rotatable bonds is 2. The van der Waals surface area contributed by atoms with Crippen LogP contribution in [0.2, 0.25) is 0 Å². The third kappa shape index (κ3) is 1.47. The number of nitrogens with two attached hydrogens (primary N) is 1. The first-order valence-electron chi connectivity index (χ1n) is 3.85. The third-order valence-electron chi connectivity index (χ3n) is 1.71. The van der Waals surface area contributed by atoms with Gasteiger partial charge in [-0.2, -0.15) is 5.10 Å². The SMILES string of the molecule is CC(C)c1cn(C)nc1C(N)=O. The van der Waals surface area contributed by atoms with Crippen molar-refractivity contribution in [3.63, 3.8) is 0 Å². The van der Waals surface area contributed by atoms with Crippen LogP contribution in [0.1, 0.15) is 35.8 Å². The van der Waals surface area contributed by atoms with E-state index in [0.29, 0.717) is 5.69 Å². The predicted molar refractivity (Wildman–Crippen MR) is 45.8 cm³/mol. The number of nitrogens with zero attached hydrogens (tertiary/aromatic N) is 2. The summed E-state index contributed by atoms with van der Waals surface area (Å²) in [5, 5.41) is 3.97. The van der Waals surface area contributed by atoms with E-state index in [9.17, 15) is 4.79 Å². The summed E-state index contributed by atoms with van der Waals surface area (Å²) >= 11 is 0. The Morgan fingerprint density at radius 3 is 2.58 bits per heavy atom. The number of hydrogen-bond donors (Lipinski definition) is 1. The van der Waals surface area contributed by atoms with E-state index in [0.717, 1.165) is 5.56 Å². The lowest BCUT2D eigenvalue weighted by Crippen LogP contribution is -2.14. The highest BCUT2D eigenvalue weighted by Gasteiger charge is 2.14. The van der Waals surface area contributed by atoms with E-state index < -0.39 is 5.91 Å². The van der Waals surface area contributed by atoms with Gasteiger partial charge in [-0.25, -0.2) is 0 Å². The van der Waals surface area contributed by atoms with Gasteiger partial charge >= 0.3 is 0 Å². The normalized spacial score (nSPS) is 10.7. The monoisotopic (exact) mass is 167 g/mol. The molecule has 0 aromatic carbocycles. The molecule has 0 fully saturated rings. The van der Waals surface area contributed by atoms with Crippen LogP contribution in [0.25, 0.3) is 0 Å². The highest BCUT2D eigenvalue weighted by Crippen LogP contribution is 2.16. The fraction of sp³-hybridized carbons (Fsp3) is 0.500. The summed E-state index contributed by atoms with van der Waals surface area (Å²) in [6.45, 7) is 4.01. The summed E-state index contributed by atoms with van der Waals surface area (Å²) < 4.78 is 1.61. The third-order valence-corrected chi connectivity index (χ3v) is 1.71. The molecule has 4 heteroatoms. The fourth-order valence-electron chi connectivity index (χ4n) is 1.12. The van der Waals surface area contributed by atoms with Crippen molar-refractivity contribution in [2.45, 2.75) is 19.8 Å². The Morgan fingerprint density at radius 1 is 1.67 bits per heavy atom.